The van der Waals surface area contributed by atoms with Crippen molar-refractivity contribution in [3.63, 3.8) is 0 Å². The molecule has 0 spiro atoms. The highest BCUT2D eigenvalue weighted by Crippen LogP contribution is 2.20. The first-order valence-electron chi connectivity index (χ1n) is 6.28. The Kier molecular flexibility index (Phi) is 4.76. The molecule has 2 heterocycles. The van der Waals surface area contributed by atoms with E-state index in [0.717, 1.165) is 43.9 Å². The zero-order chi connectivity index (χ0) is 11.9. The number of rotatable bonds is 6. The van der Waals surface area contributed by atoms with Crippen LogP contribution in [0.3, 0.4) is 0 Å². The Hall–Kier alpha value is -1.13. The van der Waals surface area contributed by atoms with Gasteiger partial charge in [-0.3, -0.25) is 4.98 Å². The number of hydrogen-bond donors (Lipinski definition) is 1. The van der Waals surface area contributed by atoms with E-state index in [2.05, 4.69) is 17.2 Å². The number of hydrogen-bond acceptors (Lipinski definition) is 4. The molecule has 1 N–H and O–H groups in total. The molecular formula is C13H20N2O2. The van der Waals surface area contributed by atoms with Crippen molar-refractivity contribution < 1.29 is 9.47 Å². The van der Waals surface area contributed by atoms with Gasteiger partial charge in [-0.2, -0.15) is 0 Å². The third kappa shape index (κ3) is 3.68. The molecular weight excluding hydrogens is 216 g/mol. The van der Waals surface area contributed by atoms with Crippen molar-refractivity contribution in [3.8, 4) is 5.75 Å². The van der Waals surface area contributed by atoms with Gasteiger partial charge in [0, 0.05) is 30.9 Å². The second kappa shape index (κ2) is 6.57. The first-order chi connectivity index (χ1) is 8.40. The molecule has 0 aromatic carbocycles. The van der Waals surface area contributed by atoms with Crippen molar-refractivity contribution in [3.05, 3.63) is 24.0 Å². The maximum atomic E-state index is 5.93. The Morgan fingerprint density at radius 3 is 3.29 bits per heavy atom. The lowest BCUT2D eigenvalue weighted by Gasteiger charge is -2.15. The zero-order valence-corrected chi connectivity index (χ0v) is 10.3. The van der Waals surface area contributed by atoms with Crippen LogP contribution in [-0.4, -0.2) is 30.8 Å². The molecule has 94 valence electrons. The Bertz CT molecular complexity index is 338. The van der Waals surface area contributed by atoms with Crippen molar-refractivity contribution in [2.75, 3.05) is 19.8 Å². The largest absolute Gasteiger partial charge is 0.487 e. The summed E-state index contributed by atoms with van der Waals surface area (Å²) in [6.07, 6.45) is 5.95. The van der Waals surface area contributed by atoms with Crippen LogP contribution in [0.5, 0.6) is 5.75 Å². The first kappa shape index (κ1) is 12.3. The van der Waals surface area contributed by atoms with Crippen LogP contribution in [0.2, 0.25) is 0 Å². The van der Waals surface area contributed by atoms with E-state index < -0.39 is 0 Å². The van der Waals surface area contributed by atoms with Crippen molar-refractivity contribution in [1.29, 1.82) is 0 Å². The number of ether oxygens (including phenoxy) is 2. The average molecular weight is 236 g/mol. The summed E-state index contributed by atoms with van der Waals surface area (Å²) in [4.78, 5) is 4.15. The van der Waals surface area contributed by atoms with Gasteiger partial charge >= 0.3 is 0 Å². The van der Waals surface area contributed by atoms with Gasteiger partial charge in [0.15, 0.2) is 0 Å². The van der Waals surface area contributed by atoms with Crippen molar-refractivity contribution in [2.45, 2.75) is 32.4 Å². The fourth-order valence-electron chi connectivity index (χ4n) is 1.85. The lowest BCUT2D eigenvalue weighted by Crippen LogP contribution is -2.19. The summed E-state index contributed by atoms with van der Waals surface area (Å²) in [7, 11) is 0. The Morgan fingerprint density at radius 1 is 1.59 bits per heavy atom. The van der Waals surface area contributed by atoms with E-state index in [1.54, 1.807) is 6.20 Å². The first-order valence-corrected chi connectivity index (χ1v) is 6.28. The number of nitrogens with zero attached hydrogens (tertiary/aromatic N) is 1. The van der Waals surface area contributed by atoms with Gasteiger partial charge in [-0.1, -0.05) is 6.92 Å². The van der Waals surface area contributed by atoms with Crippen LogP contribution in [0.4, 0.5) is 0 Å². The molecule has 1 saturated heterocycles. The second-order valence-corrected chi connectivity index (χ2v) is 4.26. The monoisotopic (exact) mass is 236 g/mol. The molecule has 4 nitrogen and oxygen atoms in total. The lowest BCUT2D eigenvalue weighted by molar-refractivity contribution is 0.140. The second-order valence-electron chi connectivity index (χ2n) is 4.26. The predicted molar refractivity (Wildman–Crippen MR) is 66.1 cm³/mol. The van der Waals surface area contributed by atoms with Gasteiger partial charge in [0.05, 0.1) is 13.2 Å². The quantitative estimate of drug-likeness (QED) is 0.764. The summed E-state index contributed by atoms with van der Waals surface area (Å²) in [5.74, 6) is 0.930. The average Bonchev–Trinajstić information content (AvgIpc) is 2.84. The van der Waals surface area contributed by atoms with Crippen LogP contribution >= 0.6 is 0 Å². The smallest absolute Gasteiger partial charge is 0.127 e. The van der Waals surface area contributed by atoms with Crippen LogP contribution in [0.1, 0.15) is 25.3 Å². The highest BCUT2D eigenvalue weighted by atomic mass is 16.5. The minimum atomic E-state index is 0.197. The molecule has 0 amide bonds. The Labute approximate surface area is 102 Å². The molecule has 0 radical (unpaired) electrons. The standard InChI is InChI=1S/C13H20N2O2/c1-2-5-14-8-11-9-15-6-3-13(11)17-12-4-7-16-10-12/h3,6,9,12,14H,2,4-5,7-8,10H2,1H3. The molecule has 1 atom stereocenters. The van der Waals surface area contributed by atoms with Crippen LogP contribution < -0.4 is 10.1 Å². The van der Waals surface area contributed by atoms with Crippen molar-refractivity contribution in [1.82, 2.24) is 10.3 Å². The maximum absolute atomic E-state index is 5.93. The summed E-state index contributed by atoms with van der Waals surface area (Å²) in [6.45, 7) is 5.48. The topological polar surface area (TPSA) is 43.4 Å². The third-order valence-electron chi connectivity index (χ3n) is 2.78. The van der Waals surface area contributed by atoms with Gasteiger partial charge in [-0.05, 0) is 19.0 Å². The van der Waals surface area contributed by atoms with Gasteiger partial charge < -0.3 is 14.8 Å². The van der Waals surface area contributed by atoms with E-state index in [4.69, 9.17) is 9.47 Å². The SMILES string of the molecule is CCCNCc1cnccc1OC1CCOC1. The number of pyridine rings is 1. The molecule has 1 fully saturated rings. The normalized spacial score (nSPS) is 19.5. The van der Waals surface area contributed by atoms with E-state index in [0.29, 0.717) is 6.61 Å². The summed E-state index contributed by atoms with van der Waals surface area (Å²) in [6, 6.07) is 1.93. The van der Waals surface area contributed by atoms with Gasteiger partial charge in [-0.15, -0.1) is 0 Å². The third-order valence-corrected chi connectivity index (χ3v) is 2.78. The molecule has 4 heteroatoms. The molecule has 1 aliphatic heterocycles. The molecule has 1 unspecified atom stereocenters. The highest BCUT2D eigenvalue weighted by Gasteiger charge is 2.18. The van der Waals surface area contributed by atoms with E-state index in [-0.39, 0.29) is 6.10 Å². The number of nitrogens with one attached hydrogen (secondary N) is 1. The minimum Gasteiger partial charge on any atom is -0.487 e. The van der Waals surface area contributed by atoms with Gasteiger partial charge in [0.25, 0.3) is 0 Å². The van der Waals surface area contributed by atoms with Gasteiger partial charge in [-0.25, -0.2) is 0 Å². The fraction of sp³-hybridized carbons (Fsp3) is 0.615. The molecule has 1 aliphatic rings. The van der Waals surface area contributed by atoms with E-state index in [1.807, 2.05) is 12.3 Å². The molecule has 0 bridgehead atoms. The van der Waals surface area contributed by atoms with Crippen molar-refractivity contribution >= 4 is 0 Å². The number of aromatic nitrogens is 1. The summed E-state index contributed by atoms with van der Waals surface area (Å²) >= 11 is 0. The molecule has 17 heavy (non-hydrogen) atoms. The van der Waals surface area contributed by atoms with Crippen LogP contribution in [0.25, 0.3) is 0 Å². The Balaban J connectivity index is 1.94. The summed E-state index contributed by atoms with van der Waals surface area (Å²) in [5.41, 5.74) is 1.12. The minimum absolute atomic E-state index is 0.197. The molecule has 0 aliphatic carbocycles. The lowest BCUT2D eigenvalue weighted by atomic mass is 10.2. The fourth-order valence-corrected chi connectivity index (χ4v) is 1.85. The van der Waals surface area contributed by atoms with Gasteiger partial charge in [0.1, 0.15) is 11.9 Å². The summed E-state index contributed by atoms with van der Waals surface area (Å²) < 4.78 is 11.2. The van der Waals surface area contributed by atoms with Crippen LogP contribution in [0.15, 0.2) is 18.5 Å². The molecule has 1 aromatic rings. The predicted octanol–water partition coefficient (Wildman–Crippen LogP) is 1.75. The van der Waals surface area contributed by atoms with Gasteiger partial charge in [0.2, 0.25) is 0 Å². The summed E-state index contributed by atoms with van der Waals surface area (Å²) in [5, 5.41) is 3.37. The Morgan fingerprint density at radius 2 is 2.53 bits per heavy atom. The van der Waals surface area contributed by atoms with E-state index in [9.17, 15) is 0 Å². The molecule has 0 saturated carbocycles. The van der Waals surface area contributed by atoms with Crippen molar-refractivity contribution in [2.24, 2.45) is 0 Å². The van der Waals surface area contributed by atoms with E-state index in [1.165, 1.54) is 0 Å². The zero-order valence-electron chi connectivity index (χ0n) is 10.3. The van der Waals surface area contributed by atoms with E-state index >= 15 is 0 Å². The van der Waals surface area contributed by atoms with Crippen LogP contribution in [-0.2, 0) is 11.3 Å². The van der Waals surface area contributed by atoms with Crippen LogP contribution in [0, 0.1) is 0 Å². The molecule has 1 aromatic heterocycles. The highest BCUT2D eigenvalue weighted by molar-refractivity contribution is 5.30. The molecule has 2 rings (SSSR count). The maximum Gasteiger partial charge on any atom is 0.127 e.